The van der Waals surface area contributed by atoms with Gasteiger partial charge in [0.2, 0.25) is 0 Å². The number of aryl methyl sites for hydroxylation is 1. The summed E-state index contributed by atoms with van der Waals surface area (Å²) < 4.78 is 3.00. The van der Waals surface area contributed by atoms with E-state index in [1.807, 2.05) is 18.8 Å². The van der Waals surface area contributed by atoms with Crippen LogP contribution in [0.15, 0.2) is 22.0 Å². The highest BCUT2D eigenvalue weighted by molar-refractivity contribution is 9.10. The number of aromatic nitrogens is 2. The van der Waals surface area contributed by atoms with Gasteiger partial charge in [0, 0.05) is 13.6 Å². The van der Waals surface area contributed by atoms with Gasteiger partial charge in [-0.3, -0.25) is 4.68 Å². The van der Waals surface area contributed by atoms with E-state index >= 15 is 0 Å². The van der Waals surface area contributed by atoms with E-state index in [9.17, 15) is 0 Å². The second-order valence-corrected chi connectivity index (χ2v) is 4.98. The molecule has 15 heavy (non-hydrogen) atoms. The maximum atomic E-state index is 4.47. The van der Waals surface area contributed by atoms with Gasteiger partial charge in [-0.25, -0.2) is 0 Å². The molecule has 0 saturated carbocycles. The van der Waals surface area contributed by atoms with Crippen molar-refractivity contribution in [1.29, 1.82) is 0 Å². The molecule has 1 N–H and O–H groups in total. The van der Waals surface area contributed by atoms with Crippen LogP contribution in [0, 0.1) is 0 Å². The number of hydrogen-bond donors (Lipinski definition) is 1. The van der Waals surface area contributed by atoms with E-state index in [4.69, 9.17) is 0 Å². The van der Waals surface area contributed by atoms with Crippen molar-refractivity contribution in [3.8, 4) is 10.6 Å². The van der Waals surface area contributed by atoms with Gasteiger partial charge in [-0.1, -0.05) is 6.07 Å². The van der Waals surface area contributed by atoms with E-state index in [0.717, 1.165) is 22.4 Å². The van der Waals surface area contributed by atoms with Crippen LogP contribution in [-0.4, -0.2) is 16.8 Å². The molecule has 0 aliphatic carbocycles. The van der Waals surface area contributed by atoms with Crippen LogP contribution < -0.4 is 5.32 Å². The van der Waals surface area contributed by atoms with E-state index < -0.39 is 0 Å². The van der Waals surface area contributed by atoms with E-state index in [2.05, 4.69) is 43.9 Å². The van der Waals surface area contributed by atoms with Crippen LogP contribution in [0.2, 0.25) is 0 Å². The summed E-state index contributed by atoms with van der Waals surface area (Å²) in [7, 11) is 3.89. The lowest BCUT2D eigenvalue weighted by Crippen LogP contribution is -2.06. The summed E-state index contributed by atoms with van der Waals surface area (Å²) in [5.74, 6) is 0. The predicted molar refractivity (Wildman–Crippen MR) is 67.0 cm³/mol. The largest absolute Gasteiger partial charge is 0.314 e. The average molecular weight is 286 g/mol. The zero-order valence-electron chi connectivity index (χ0n) is 8.62. The minimum atomic E-state index is 0.778. The molecule has 0 bridgehead atoms. The Morgan fingerprint density at radius 1 is 1.60 bits per heavy atom. The van der Waals surface area contributed by atoms with Crippen molar-refractivity contribution < 1.29 is 0 Å². The molecule has 0 aliphatic rings. The van der Waals surface area contributed by atoms with Crippen molar-refractivity contribution in [2.45, 2.75) is 6.54 Å². The molecule has 0 aliphatic heterocycles. The molecule has 5 heteroatoms. The molecular weight excluding hydrogens is 274 g/mol. The number of nitrogens with zero attached hydrogens (tertiary/aromatic N) is 2. The summed E-state index contributed by atoms with van der Waals surface area (Å²) >= 11 is 5.33. The van der Waals surface area contributed by atoms with Crippen LogP contribution >= 0.6 is 27.3 Å². The Kier molecular flexibility index (Phi) is 3.23. The lowest BCUT2D eigenvalue weighted by molar-refractivity contribution is 0.716. The molecule has 2 aromatic rings. The van der Waals surface area contributed by atoms with Gasteiger partial charge in [0.25, 0.3) is 0 Å². The second-order valence-electron chi connectivity index (χ2n) is 3.24. The van der Waals surface area contributed by atoms with Crippen molar-refractivity contribution >= 4 is 27.3 Å². The first-order valence-corrected chi connectivity index (χ1v) is 6.31. The molecule has 0 atom stereocenters. The Morgan fingerprint density at radius 2 is 2.40 bits per heavy atom. The Balaban J connectivity index is 2.48. The van der Waals surface area contributed by atoms with Crippen molar-refractivity contribution in [2.24, 2.45) is 7.05 Å². The fourth-order valence-electron chi connectivity index (χ4n) is 1.52. The smallest absolute Gasteiger partial charge is 0.0924 e. The lowest BCUT2D eigenvalue weighted by atomic mass is 10.3. The van der Waals surface area contributed by atoms with Crippen molar-refractivity contribution in [3.63, 3.8) is 0 Å². The zero-order chi connectivity index (χ0) is 10.8. The highest BCUT2D eigenvalue weighted by Crippen LogP contribution is 2.33. The van der Waals surface area contributed by atoms with Gasteiger partial charge in [-0.05, 0) is 34.4 Å². The van der Waals surface area contributed by atoms with Gasteiger partial charge in [0.05, 0.1) is 20.7 Å². The fourth-order valence-corrected chi connectivity index (χ4v) is 3.14. The van der Waals surface area contributed by atoms with Gasteiger partial charge in [-0.2, -0.15) is 5.10 Å². The van der Waals surface area contributed by atoms with E-state index in [0.29, 0.717) is 0 Å². The monoisotopic (exact) mass is 285 g/mol. The van der Waals surface area contributed by atoms with Crippen molar-refractivity contribution in [3.05, 3.63) is 27.7 Å². The van der Waals surface area contributed by atoms with Crippen molar-refractivity contribution in [1.82, 2.24) is 15.1 Å². The van der Waals surface area contributed by atoms with Crippen LogP contribution in [-0.2, 0) is 13.6 Å². The maximum absolute atomic E-state index is 4.47. The average Bonchev–Trinajstić information content (AvgIpc) is 2.77. The summed E-state index contributed by atoms with van der Waals surface area (Å²) in [6.07, 6.45) is 0. The van der Waals surface area contributed by atoms with E-state index in [-0.39, 0.29) is 0 Å². The lowest BCUT2D eigenvalue weighted by Gasteiger charge is -1.98. The first-order valence-electron chi connectivity index (χ1n) is 4.64. The van der Waals surface area contributed by atoms with Gasteiger partial charge < -0.3 is 5.32 Å². The molecule has 0 fully saturated rings. The first-order chi connectivity index (χ1) is 7.24. The predicted octanol–water partition coefficient (Wildman–Crippen LogP) is 2.63. The minimum Gasteiger partial charge on any atom is -0.314 e. The molecule has 0 amide bonds. The molecular formula is C10H12BrN3S. The number of halogens is 1. The summed E-state index contributed by atoms with van der Waals surface area (Å²) in [5, 5.41) is 9.65. The van der Waals surface area contributed by atoms with Crippen LogP contribution in [0.3, 0.4) is 0 Å². The Bertz CT molecular complexity index is 447. The van der Waals surface area contributed by atoms with Gasteiger partial charge >= 0.3 is 0 Å². The molecule has 0 unspecified atom stereocenters. The van der Waals surface area contributed by atoms with Crippen LogP contribution in [0.5, 0.6) is 0 Å². The minimum absolute atomic E-state index is 0.778. The quantitative estimate of drug-likeness (QED) is 0.940. The number of nitrogens with one attached hydrogen (secondary N) is 1. The van der Waals surface area contributed by atoms with Crippen molar-refractivity contribution in [2.75, 3.05) is 7.05 Å². The summed E-state index contributed by atoms with van der Waals surface area (Å²) in [5.41, 5.74) is 2.19. The van der Waals surface area contributed by atoms with Crippen LogP contribution in [0.25, 0.3) is 10.6 Å². The molecule has 80 valence electrons. The molecule has 2 rings (SSSR count). The van der Waals surface area contributed by atoms with Gasteiger partial charge in [0.15, 0.2) is 0 Å². The molecule has 0 radical (unpaired) electrons. The second kappa shape index (κ2) is 4.47. The molecule has 0 aromatic carbocycles. The third kappa shape index (κ3) is 2.00. The number of hydrogen-bond acceptors (Lipinski definition) is 3. The fraction of sp³-hybridized carbons (Fsp3) is 0.300. The molecule has 0 spiro atoms. The highest BCUT2D eigenvalue weighted by Gasteiger charge is 2.15. The van der Waals surface area contributed by atoms with E-state index in [1.54, 1.807) is 11.3 Å². The van der Waals surface area contributed by atoms with Gasteiger partial charge in [-0.15, -0.1) is 11.3 Å². The van der Waals surface area contributed by atoms with Gasteiger partial charge in [0.1, 0.15) is 0 Å². The molecule has 2 heterocycles. The Morgan fingerprint density at radius 3 is 3.00 bits per heavy atom. The third-order valence-electron chi connectivity index (χ3n) is 2.15. The standard InChI is InChI=1S/C10H12BrN3S/c1-12-6-7-9(11)10(14(2)13-7)8-4-3-5-15-8/h3-5,12H,6H2,1-2H3. The van der Waals surface area contributed by atoms with Crippen LogP contribution in [0.4, 0.5) is 0 Å². The highest BCUT2D eigenvalue weighted by atomic mass is 79.9. The normalized spacial score (nSPS) is 10.9. The SMILES string of the molecule is CNCc1nn(C)c(-c2cccs2)c1Br. The topological polar surface area (TPSA) is 29.9 Å². The number of rotatable bonds is 3. The first kappa shape index (κ1) is 10.9. The Hall–Kier alpha value is -0.650. The summed E-state index contributed by atoms with van der Waals surface area (Å²) in [6, 6.07) is 4.16. The maximum Gasteiger partial charge on any atom is 0.0924 e. The zero-order valence-corrected chi connectivity index (χ0v) is 11.0. The van der Waals surface area contributed by atoms with Crippen LogP contribution in [0.1, 0.15) is 5.69 Å². The number of thiophene rings is 1. The summed E-state index contributed by atoms with van der Waals surface area (Å²) in [6.45, 7) is 0.778. The third-order valence-corrected chi connectivity index (χ3v) is 3.86. The molecule has 2 aromatic heterocycles. The Labute approximate surface area is 101 Å². The molecule has 3 nitrogen and oxygen atoms in total. The summed E-state index contributed by atoms with van der Waals surface area (Å²) in [4.78, 5) is 1.24. The van der Waals surface area contributed by atoms with E-state index in [1.165, 1.54) is 4.88 Å². The molecule has 0 saturated heterocycles.